The Morgan fingerprint density at radius 2 is 1.34 bits per heavy atom. The molecular weight excluding hydrogens is 477 g/mol. The van der Waals surface area contributed by atoms with E-state index in [2.05, 4.69) is 0 Å². The minimum atomic E-state index is -1.58. The molecule has 1 fully saturated rings. The van der Waals surface area contributed by atoms with Crippen molar-refractivity contribution >= 4 is 29.1 Å². The predicted molar refractivity (Wildman–Crippen MR) is 143 cm³/mol. The lowest BCUT2D eigenvalue weighted by Gasteiger charge is -2.37. The van der Waals surface area contributed by atoms with E-state index in [4.69, 9.17) is 0 Å². The fourth-order valence-corrected chi connectivity index (χ4v) is 6.73. The second kappa shape index (κ2) is 8.18. The lowest BCUT2D eigenvalue weighted by molar-refractivity contribution is 0.0666. The molecule has 7 rings (SSSR count). The first-order chi connectivity index (χ1) is 18.5. The van der Waals surface area contributed by atoms with Gasteiger partial charge in [0.15, 0.2) is 17.3 Å². The van der Waals surface area contributed by atoms with Crippen LogP contribution in [0.2, 0.25) is 0 Å². The second-order valence-corrected chi connectivity index (χ2v) is 10.0. The Balaban J connectivity index is 1.55. The summed E-state index contributed by atoms with van der Waals surface area (Å²) < 4.78 is 14.1. The van der Waals surface area contributed by atoms with Crippen LogP contribution in [0.3, 0.4) is 0 Å². The van der Waals surface area contributed by atoms with E-state index >= 15 is 0 Å². The molecule has 0 amide bonds. The Labute approximate surface area is 219 Å². The Hall–Kier alpha value is -4.64. The molecule has 1 aliphatic carbocycles. The first-order valence-corrected chi connectivity index (χ1v) is 12.6. The number of anilines is 1. The van der Waals surface area contributed by atoms with E-state index in [-0.39, 0.29) is 17.3 Å². The maximum absolute atomic E-state index is 14.5. The smallest absolute Gasteiger partial charge is 0.185 e. The van der Waals surface area contributed by atoms with Crippen LogP contribution in [0.15, 0.2) is 109 Å². The molecule has 2 aliphatic heterocycles. The number of carbonyl (C=O) groups excluding carboxylic acids is 3. The van der Waals surface area contributed by atoms with E-state index in [9.17, 15) is 18.8 Å². The van der Waals surface area contributed by atoms with Gasteiger partial charge in [-0.05, 0) is 29.3 Å². The zero-order valence-corrected chi connectivity index (χ0v) is 20.3. The Morgan fingerprint density at radius 1 is 0.737 bits per heavy atom. The number of benzene rings is 4. The number of Topliss-reactive ketones (excluding diaryl/α,β-unsaturated/α-hetero) is 3. The molecule has 38 heavy (non-hydrogen) atoms. The molecule has 1 spiro atoms. The molecule has 184 valence electrons. The Morgan fingerprint density at radius 3 is 2.03 bits per heavy atom. The molecule has 1 unspecified atom stereocenters. The number of halogens is 1. The van der Waals surface area contributed by atoms with Gasteiger partial charge in [-0.2, -0.15) is 0 Å². The van der Waals surface area contributed by atoms with Crippen LogP contribution < -0.4 is 4.90 Å². The van der Waals surface area contributed by atoms with Crippen molar-refractivity contribution in [2.45, 2.75) is 18.0 Å². The molecule has 5 heteroatoms. The van der Waals surface area contributed by atoms with E-state index in [0.29, 0.717) is 22.3 Å². The van der Waals surface area contributed by atoms with Gasteiger partial charge in [0.25, 0.3) is 0 Å². The SMILES string of the molecule is O=C(c1ccccc1)[C@H]1[C@H](c2ccc(F)cc2)C2(C(=O)c3ccccc3C2=O)C2C=Cc3ccccc3N21. The molecule has 4 nitrogen and oxygen atoms in total. The maximum atomic E-state index is 14.5. The van der Waals surface area contributed by atoms with Gasteiger partial charge in [-0.25, -0.2) is 4.39 Å². The minimum Gasteiger partial charge on any atom is -0.352 e. The second-order valence-electron chi connectivity index (χ2n) is 10.0. The minimum absolute atomic E-state index is 0.191. The van der Waals surface area contributed by atoms with Crippen LogP contribution in [0.25, 0.3) is 6.08 Å². The van der Waals surface area contributed by atoms with Crippen molar-refractivity contribution in [2.75, 3.05) is 4.90 Å². The molecule has 0 N–H and O–H groups in total. The van der Waals surface area contributed by atoms with E-state index in [1.807, 2.05) is 47.4 Å². The highest BCUT2D eigenvalue weighted by molar-refractivity contribution is 6.32. The van der Waals surface area contributed by atoms with Crippen LogP contribution in [0, 0.1) is 11.2 Å². The summed E-state index contributed by atoms with van der Waals surface area (Å²) in [6.07, 6.45) is 3.82. The molecule has 0 aromatic heterocycles. The number of para-hydroxylation sites is 1. The predicted octanol–water partition coefficient (Wildman–Crippen LogP) is 6.14. The molecule has 2 heterocycles. The summed E-state index contributed by atoms with van der Waals surface area (Å²) in [7, 11) is 0. The fourth-order valence-electron chi connectivity index (χ4n) is 6.73. The van der Waals surface area contributed by atoms with E-state index in [1.165, 1.54) is 12.1 Å². The summed E-state index contributed by atoms with van der Waals surface area (Å²) in [6.45, 7) is 0. The summed E-state index contributed by atoms with van der Waals surface area (Å²) in [6, 6.07) is 27.8. The third-order valence-electron chi connectivity index (χ3n) is 8.27. The number of hydrogen-bond acceptors (Lipinski definition) is 4. The molecule has 4 aromatic rings. The molecular formula is C33H22FNO3. The maximum Gasteiger partial charge on any atom is 0.185 e. The first-order valence-electron chi connectivity index (χ1n) is 12.6. The van der Waals surface area contributed by atoms with Gasteiger partial charge < -0.3 is 4.90 Å². The molecule has 3 aliphatic rings. The van der Waals surface area contributed by atoms with Crippen molar-refractivity contribution in [1.29, 1.82) is 0 Å². The molecule has 0 radical (unpaired) electrons. The van der Waals surface area contributed by atoms with Crippen molar-refractivity contribution in [3.8, 4) is 0 Å². The topological polar surface area (TPSA) is 54.5 Å². The lowest BCUT2D eigenvalue weighted by atomic mass is 9.64. The van der Waals surface area contributed by atoms with Gasteiger partial charge in [-0.15, -0.1) is 0 Å². The lowest BCUT2D eigenvalue weighted by Crippen LogP contribution is -2.48. The van der Waals surface area contributed by atoms with Crippen molar-refractivity contribution in [2.24, 2.45) is 5.41 Å². The summed E-state index contributed by atoms with van der Waals surface area (Å²) >= 11 is 0. The van der Waals surface area contributed by atoms with Gasteiger partial charge >= 0.3 is 0 Å². The molecule has 1 saturated heterocycles. The number of nitrogens with zero attached hydrogens (tertiary/aromatic N) is 1. The highest BCUT2D eigenvalue weighted by Gasteiger charge is 2.71. The normalized spacial score (nSPS) is 22.3. The van der Waals surface area contributed by atoms with Gasteiger partial charge in [-0.1, -0.05) is 97.1 Å². The van der Waals surface area contributed by atoms with Gasteiger partial charge in [0.1, 0.15) is 17.3 Å². The van der Waals surface area contributed by atoms with Crippen molar-refractivity contribution in [3.63, 3.8) is 0 Å². The van der Waals surface area contributed by atoms with Gasteiger partial charge in [-0.3, -0.25) is 14.4 Å². The van der Waals surface area contributed by atoms with Crippen LogP contribution in [0.5, 0.6) is 0 Å². The van der Waals surface area contributed by atoms with Gasteiger partial charge in [0.2, 0.25) is 0 Å². The average Bonchev–Trinajstić information content (AvgIpc) is 3.40. The van der Waals surface area contributed by atoms with Crippen LogP contribution in [0.1, 0.15) is 48.1 Å². The molecule has 0 saturated carbocycles. The first kappa shape index (κ1) is 22.5. The summed E-state index contributed by atoms with van der Waals surface area (Å²) in [4.78, 5) is 45.4. The third-order valence-corrected chi connectivity index (χ3v) is 8.27. The average molecular weight is 500 g/mol. The Kier molecular flexibility index (Phi) is 4.86. The van der Waals surface area contributed by atoms with Crippen molar-refractivity contribution in [1.82, 2.24) is 0 Å². The molecule has 3 atom stereocenters. The third kappa shape index (κ3) is 2.87. The monoisotopic (exact) mass is 499 g/mol. The number of carbonyl (C=O) groups is 3. The quantitative estimate of drug-likeness (QED) is 0.251. The number of fused-ring (bicyclic) bond motifs is 5. The van der Waals surface area contributed by atoms with E-state index < -0.39 is 29.2 Å². The number of rotatable bonds is 3. The van der Waals surface area contributed by atoms with Crippen LogP contribution in [-0.4, -0.2) is 29.4 Å². The highest BCUT2D eigenvalue weighted by Crippen LogP contribution is 2.60. The fraction of sp³-hybridized carbons (Fsp3) is 0.121. The van der Waals surface area contributed by atoms with Crippen LogP contribution in [-0.2, 0) is 0 Å². The van der Waals surface area contributed by atoms with Crippen molar-refractivity contribution < 1.29 is 18.8 Å². The zero-order valence-electron chi connectivity index (χ0n) is 20.3. The van der Waals surface area contributed by atoms with Gasteiger partial charge in [0.05, 0.1) is 6.04 Å². The largest absolute Gasteiger partial charge is 0.352 e. The van der Waals surface area contributed by atoms with Crippen LogP contribution >= 0.6 is 0 Å². The van der Waals surface area contributed by atoms with Gasteiger partial charge in [0, 0.05) is 28.3 Å². The molecule has 0 bridgehead atoms. The van der Waals surface area contributed by atoms with E-state index in [0.717, 1.165) is 11.3 Å². The molecule has 4 aromatic carbocycles. The highest BCUT2D eigenvalue weighted by atomic mass is 19.1. The summed E-state index contributed by atoms with van der Waals surface area (Å²) in [5.74, 6) is -2.06. The standard InChI is InChI=1S/C33H22FNO3/c34-23-17-14-21(15-18-23)28-29(30(36)22-9-2-1-3-10-22)35-26-13-7-4-8-20(26)16-19-27(35)33(28)31(37)24-11-5-6-12-25(24)32(33)38/h1-19,27-29H/t27?,28-,29+/m0/s1. The number of ketones is 3. The summed E-state index contributed by atoms with van der Waals surface area (Å²) in [5, 5.41) is 0. The van der Waals surface area contributed by atoms with E-state index in [1.54, 1.807) is 60.7 Å². The van der Waals surface area contributed by atoms with Crippen LogP contribution in [0.4, 0.5) is 10.1 Å². The number of hydrogen-bond donors (Lipinski definition) is 0. The van der Waals surface area contributed by atoms with Crippen molar-refractivity contribution in [3.05, 3.63) is 143 Å². The zero-order chi connectivity index (χ0) is 26.0. The Bertz CT molecular complexity index is 1620. The summed E-state index contributed by atoms with van der Waals surface area (Å²) in [5.41, 5.74) is 1.91.